The van der Waals surface area contributed by atoms with E-state index in [1.54, 1.807) is 20.8 Å². The molecule has 0 aliphatic heterocycles. The van der Waals surface area contributed by atoms with Gasteiger partial charge in [0.15, 0.2) is 0 Å². The van der Waals surface area contributed by atoms with E-state index in [0.717, 1.165) is 0 Å². The van der Waals surface area contributed by atoms with Gasteiger partial charge in [-0.05, 0) is 20.8 Å². The summed E-state index contributed by atoms with van der Waals surface area (Å²) >= 11 is 0. The van der Waals surface area contributed by atoms with Gasteiger partial charge in [0.1, 0.15) is 6.04 Å². The summed E-state index contributed by atoms with van der Waals surface area (Å²) in [6, 6.07) is -2.14. The Bertz CT molecular complexity index is 212. The minimum atomic E-state index is -4.59. The standard InChI is InChI=1S/C7H14F3NO2S/c1-6(2,3)14(13)11-5(4-12)7(8,9)10/h5,11-12H,4H2,1-3H3/t5-,14-/m1/s1. The summed E-state index contributed by atoms with van der Waals surface area (Å²) in [7, 11) is -1.84. The number of aliphatic hydroxyl groups excluding tert-OH is 1. The highest BCUT2D eigenvalue weighted by atomic mass is 32.2. The molecule has 0 unspecified atom stereocenters. The molecular formula is C7H14F3NO2S. The van der Waals surface area contributed by atoms with Crippen LogP contribution in [0.3, 0.4) is 0 Å². The van der Waals surface area contributed by atoms with Crippen LogP contribution in [-0.4, -0.2) is 32.9 Å². The van der Waals surface area contributed by atoms with E-state index in [1.165, 1.54) is 0 Å². The molecule has 0 aromatic heterocycles. The van der Waals surface area contributed by atoms with Crippen LogP contribution in [0.5, 0.6) is 0 Å². The number of hydrogen-bond donors (Lipinski definition) is 2. The molecule has 0 aromatic rings. The maximum atomic E-state index is 12.1. The van der Waals surface area contributed by atoms with Crippen molar-refractivity contribution >= 4 is 11.0 Å². The van der Waals surface area contributed by atoms with E-state index in [-0.39, 0.29) is 0 Å². The predicted molar refractivity (Wildman–Crippen MR) is 48.0 cm³/mol. The maximum absolute atomic E-state index is 12.1. The van der Waals surface area contributed by atoms with Gasteiger partial charge in [-0.2, -0.15) is 13.2 Å². The van der Waals surface area contributed by atoms with Gasteiger partial charge in [0.05, 0.1) is 22.3 Å². The van der Waals surface area contributed by atoms with Crippen molar-refractivity contribution in [1.82, 2.24) is 4.72 Å². The van der Waals surface area contributed by atoms with Crippen molar-refractivity contribution in [2.24, 2.45) is 0 Å². The monoisotopic (exact) mass is 233 g/mol. The molecule has 0 rings (SSSR count). The van der Waals surface area contributed by atoms with Crippen LogP contribution in [0.15, 0.2) is 0 Å². The molecule has 0 aromatic carbocycles. The average molecular weight is 233 g/mol. The van der Waals surface area contributed by atoms with Gasteiger partial charge in [-0.1, -0.05) is 0 Å². The first-order chi connectivity index (χ1) is 6.09. The van der Waals surface area contributed by atoms with E-state index in [4.69, 9.17) is 5.11 Å². The normalized spacial score (nSPS) is 17.9. The summed E-state index contributed by atoms with van der Waals surface area (Å²) in [6.45, 7) is 3.51. The highest BCUT2D eigenvalue weighted by molar-refractivity contribution is 7.84. The van der Waals surface area contributed by atoms with E-state index in [2.05, 4.69) is 0 Å². The molecule has 0 saturated heterocycles. The van der Waals surface area contributed by atoms with Crippen molar-refractivity contribution in [1.29, 1.82) is 0 Å². The smallest absolute Gasteiger partial charge is 0.394 e. The van der Waals surface area contributed by atoms with Crippen molar-refractivity contribution in [3.05, 3.63) is 0 Å². The molecule has 0 saturated carbocycles. The van der Waals surface area contributed by atoms with Crippen molar-refractivity contribution in [2.45, 2.75) is 37.7 Å². The van der Waals surface area contributed by atoms with E-state index < -0.39 is 34.6 Å². The lowest BCUT2D eigenvalue weighted by molar-refractivity contribution is -0.158. The molecule has 0 amide bonds. The highest BCUT2D eigenvalue weighted by Crippen LogP contribution is 2.21. The Balaban J connectivity index is 4.43. The predicted octanol–water partition coefficient (Wildman–Crippen LogP) is 0.961. The van der Waals surface area contributed by atoms with E-state index in [0.29, 0.717) is 0 Å². The third-order valence-electron chi connectivity index (χ3n) is 1.38. The van der Waals surface area contributed by atoms with Gasteiger partial charge in [0.25, 0.3) is 0 Å². The molecule has 0 radical (unpaired) electrons. The molecule has 0 spiro atoms. The number of halogens is 3. The molecule has 2 atom stereocenters. The third-order valence-corrected chi connectivity index (χ3v) is 2.99. The zero-order chi connectivity index (χ0) is 11.6. The van der Waals surface area contributed by atoms with Crippen LogP contribution in [-0.2, 0) is 11.0 Å². The molecule has 0 heterocycles. The molecule has 0 fully saturated rings. The number of nitrogens with one attached hydrogen (secondary N) is 1. The maximum Gasteiger partial charge on any atom is 0.407 e. The van der Waals surface area contributed by atoms with Crippen LogP contribution in [0, 0.1) is 0 Å². The fourth-order valence-electron chi connectivity index (χ4n) is 0.514. The van der Waals surface area contributed by atoms with Crippen molar-refractivity contribution in [3.63, 3.8) is 0 Å². The van der Waals surface area contributed by atoms with Crippen molar-refractivity contribution < 1.29 is 22.5 Å². The summed E-state index contributed by atoms with van der Waals surface area (Å²) in [6.07, 6.45) is -4.59. The topological polar surface area (TPSA) is 49.3 Å². The second-order valence-electron chi connectivity index (χ2n) is 3.78. The fraction of sp³-hybridized carbons (Fsp3) is 1.00. The van der Waals surface area contributed by atoms with Gasteiger partial charge in [-0.25, -0.2) is 8.93 Å². The summed E-state index contributed by atoms with van der Waals surface area (Å²) < 4.78 is 48.7. The summed E-state index contributed by atoms with van der Waals surface area (Å²) in [4.78, 5) is 0. The molecule has 0 aliphatic carbocycles. The lowest BCUT2D eigenvalue weighted by atomic mass is 10.3. The van der Waals surface area contributed by atoms with Gasteiger partial charge >= 0.3 is 6.18 Å². The van der Waals surface area contributed by atoms with Crippen LogP contribution >= 0.6 is 0 Å². The van der Waals surface area contributed by atoms with Gasteiger partial charge in [0, 0.05) is 0 Å². The quantitative estimate of drug-likeness (QED) is 0.763. The van der Waals surface area contributed by atoms with Gasteiger partial charge < -0.3 is 5.11 Å². The zero-order valence-corrected chi connectivity index (χ0v) is 9.00. The lowest BCUT2D eigenvalue weighted by Gasteiger charge is -2.24. The molecule has 0 bridgehead atoms. The van der Waals surface area contributed by atoms with Gasteiger partial charge in [-0.15, -0.1) is 0 Å². The Labute approximate surface area is 83.3 Å². The van der Waals surface area contributed by atoms with Crippen LogP contribution in [0.4, 0.5) is 13.2 Å². The largest absolute Gasteiger partial charge is 0.407 e. The van der Waals surface area contributed by atoms with Crippen LogP contribution in [0.2, 0.25) is 0 Å². The average Bonchev–Trinajstić information content (AvgIpc) is 1.95. The minimum absolute atomic E-state index is 0.793. The SMILES string of the molecule is CC(C)(C)[S@@](=O)N[C@H](CO)C(F)(F)F. The lowest BCUT2D eigenvalue weighted by Crippen LogP contribution is -2.49. The molecule has 7 heteroatoms. The summed E-state index contributed by atoms with van der Waals surface area (Å²) in [5.74, 6) is 0. The minimum Gasteiger partial charge on any atom is -0.394 e. The molecule has 86 valence electrons. The van der Waals surface area contributed by atoms with Crippen LogP contribution in [0.1, 0.15) is 20.8 Å². The first-order valence-electron chi connectivity index (χ1n) is 3.94. The highest BCUT2D eigenvalue weighted by Gasteiger charge is 2.41. The zero-order valence-electron chi connectivity index (χ0n) is 8.18. The summed E-state index contributed by atoms with van der Waals surface area (Å²) in [5, 5.41) is 8.46. The van der Waals surface area contributed by atoms with Gasteiger partial charge in [-0.3, -0.25) is 0 Å². The van der Waals surface area contributed by atoms with Crippen molar-refractivity contribution in [2.75, 3.05) is 6.61 Å². The van der Waals surface area contributed by atoms with Crippen LogP contribution < -0.4 is 4.72 Å². The number of alkyl halides is 3. The van der Waals surface area contributed by atoms with E-state index >= 15 is 0 Å². The van der Waals surface area contributed by atoms with Gasteiger partial charge in [0.2, 0.25) is 0 Å². The van der Waals surface area contributed by atoms with Crippen LogP contribution in [0.25, 0.3) is 0 Å². The number of rotatable bonds is 3. The van der Waals surface area contributed by atoms with Crippen molar-refractivity contribution in [3.8, 4) is 0 Å². The number of hydrogen-bond acceptors (Lipinski definition) is 2. The fourth-order valence-corrected chi connectivity index (χ4v) is 1.33. The Kier molecular flexibility index (Phi) is 4.54. The Morgan fingerprint density at radius 2 is 1.79 bits per heavy atom. The Hall–Kier alpha value is -0.140. The third kappa shape index (κ3) is 4.39. The van der Waals surface area contributed by atoms with E-state index in [9.17, 15) is 17.4 Å². The van der Waals surface area contributed by atoms with E-state index in [1.807, 2.05) is 4.72 Å². The molecule has 0 aliphatic rings. The second-order valence-corrected chi connectivity index (χ2v) is 5.77. The molecule has 2 N–H and O–H groups in total. The first kappa shape index (κ1) is 13.9. The molecule has 14 heavy (non-hydrogen) atoms. The molecule has 3 nitrogen and oxygen atoms in total. The first-order valence-corrected chi connectivity index (χ1v) is 5.09. The number of aliphatic hydroxyl groups is 1. The Morgan fingerprint density at radius 3 is 2.00 bits per heavy atom. The Morgan fingerprint density at radius 1 is 1.36 bits per heavy atom. The second kappa shape index (κ2) is 4.59. The summed E-state index contributed by atoms with van der Waals surface area (Å²) in [5.41, 5.74) is 0. The molecular weight excluding hydrogens is 219 g/mol.